The molecule has 1 aromatic rings. The van der Waals surface area contributed by atoms with Crippen LogP contribution >= 0.6 is 15.9 Å². The van der Waals surface area contributed by atoms with Gasteiger partial charge in [0, 0.05) is 23.8 Å². The highest BCUT2D eigenvalue weighted by atomic mass is 79.9. The van der Waals surface area contributed by atoms with Crippen LogP contribution in [0.15, 0.2) is 16.7 Å². The molecule has 1 fully saturated rings. The maximum Gasteiger partial charge on any atom is 0.270 e. The van der Waals surface area contributed by atoms with Crippen LogP contribution < -0.4 is 5.73 Å². The van der Waals surface area contributed by atoms with Crippen LogP contribution in [0.25, 0.3) is 0 Å². The maximum atomic E-state index is 12.2. The summed E-state index contributed by atoms with van der Waals surface area (Å²) < 4.78 is 0.904. The van der Waals surface area contributed by atoms with Crippen molar-refractivity contribution in [2.45, 2.75) is 13.3 Å². The number of carbonyl (C=O) groups is 1. The third-order valence-corrected chi connectivity index (χ3v) is 4.04. The second kappa shape index (κ2) is 5.23. The normalized spacial score (nSPS) is 25.0. The van der Waals surface area contributed by atoms with Crippen molar-refractivity contribution in [1.29, 1.82) is 0 Å². The number of hydrogen-bond acceptors (Lipinski definition) is 2. The highest BCUT2D eigenvalue weighted by Gasteiger charge is 2.28. The molecule has 1 aliphatic heterocycles. The van der Waals surface area contributed by atoms with Gasteiger partial charge in [0.2, 0.25) is 0 Å². The first kappa shape index (κ1) is 12.6. The third kappa shape index (κ3) is 2.72. The molecule has 2 rings (SSSR count). The molecule has 2 unspecified atom stereocenters. The molecule has 1 aromatic heterocycles. The number of nitrogens with zero attached hydrogens (tertiary/aromatic N) is 1. The fourth-order valence-electron chi connectivity index (χ4n) is 2.30. The van der Waals surface area contributed by atoms with Gasteiger partial charge in [0.15, 0.2) is 0 Å². The van der Waals surface area contributed by atoms with Gasteiger partial charge in [0.05, 0.1) is 0 Å². The molecular formula is C12H18BrN3O. The summed E-state index contributed by atoms with van der Waals surface area (Å²) in [5.41, 5.74) is 6.39. The predicted octanol–water partition coefficient (Wildman–Crippen LogP) is 1.83. The number of nitrogens with two attached hydrogens (primary N) is 1. The van der Waals surface area contributed by atoms with Crippen LogP contribution in [0.4, 0.5) is 0 Å². The number of hydrogen-bond donors (Lipinski definition) is 2. The van der Waals surface area contributed by atoms with E-state index in [-0.39, 0.29) is 5.91 Å². The Morgan fingerprint density at radius 2 is 2.47 bits per heavy atom. The quantitative estimate of drug-likeness (QED) is 0.875. The third-order valence-electron chi connectivity index (χ3n) is 3.58. The molecule has 0 aromatic carbocycles. The summed E-state index contributed by atoms with van der Waals surface area (Å²) in [5.74, 6) is 1.10. The number of nitrogens with one attached hydrogen (secondary N) is 1. The van der Waals surface area contributed by atoms with Gasteiger partial charge in [0.1, 0.15) is 5.69 Å². The maximum absolute atomic E-state index is 12.2. The summed E-state index contributed by atoms with van der Waals surface area (Å²) in [6.07, 6.45) is 2.82. The van der Waals surface area contributed by atoms with E-state index in [0.29, 0.717) is 24.1 Å². The summed E-state index contributed by atoms with van der Waals surface area (Å²) in [6, 6.07) is 1.82. The summed E-state index contributed by atoms with van der Waals surface area (Å²) in [6.45, 7) is 4.46. The Labute approximate surface area is 110 Å². The van der Waals surface area contributed by atoms with Gasteiger partial charge in [-0.25, -0.2) is 0 Å². The largest absolute Gasteiger partial charge is 0.356 e. The van der Waals surface area contributed by atoms with Crippen LogP contribution in [-0.2, 0) is 0 Å². The SMILES string of the molecule is CC1CCN(C(=O)c2cc(Br)c[nH]2)CC1CN. The van der Waals surface area contributed by atoms with Crippen molar-refractivity contribution in [3.05, 3.63) is 22.4 Å². The number of likely N-dealkylation sites (tertiary alicyclic amines) is 1. The van der Waals surface area contributed by atoms with Crippen molar-refractivity contribution in [2.75, 3.05) is 19.6 Å². The van der Waals surface area contributed by atoms with Gasteiger partial charge >= 0.3 is 0 Å². The van der Waals surface area contributed by atoms with Crippen molar-refractivity contribution >= 4 is 21.8 Å². The van der Waals surface area contributed by atoms with Gasteiger partial charge in [-0.05, 0) is 46.8 Å². The van der Waals surface area contributed by atoms with E-state index in [0.717, 1.165) is 24.0 Å². The Bertz CT molecular complexity index is 404. The lowest BCUT2D eigenvalue weighted by molar-refractivity contribution is 0.0613. The molecule has 4 nitrogen and oxygen atoms in total. The van der Waals surface area contributed by atoms with Gasteiger partial charge in [-0.2, -0.15) is 0 Å². The molecule has 17 heavy (non-hydrogen) atoms. The number of aromatic nitrogens is 1. The van der Waals surface area contributed by atoms with E-state index < -0.39 is 0 Å². The summed E-state index contributed by atoms with van der Waals surface area (Å²) in [7, 11) is 0. The molecule has 94 valence electrons. The second-order valence-electron chi connectivity index (χ2n) is 4.74. The van der Waals surface area contributed by atoms with Crippen molar-refractivity contribution in [1.82, 2.24) is 9.88 Å². The molecule has 2 atom stereocenters. The van der Waals surface area contributed by atoms with E-state index in [1.807, 2.05) is 11.0 Å². The molecule has 0 bridgehead atoms. The van der Waals surface area contributed by atoms with Crippen LogP contribution in [0.2, 0.25) is 0 Å². The minimum absolute atomic E-state index is 0.0704. The minimum atomic E-state index is 0.0704. The topological polar surface area (TPSA) is 62.1 Å². The highest BCUT2D eigenvalue weighted by molar-refractivity contribution is 9.10. The van der Waals surface area contributed by atoms with E-state index in [9.17, 15) is 4.79 Å². The average molecular weight is 300 g/mol. The monoisotopic (exact) mass is 299 g/mol. The van der Waals surface area contributed by atoms with Gasteiger partial charge < -0.3 is 15.6 Å². The molecule has 0 spiro atoms. The number of piperidine rings is 1. The Morgan fingerprint density at radius 3 is 3.06 bits per heavy atom. The van der Waals surface area contributed by atoms with Crippen molar-refractivity contribution < 1.29 is 4.79 Å². The predicted molar refractivity (Wildman–Crippen MR) is 70.7 cm³/mol. The molecule has 1 aliphatic rings. The minimum Gasteiger partial charge on any atom is -0.356 e. The van der Waals surface area contributed by atoms with E-state index in [1.165, 1.54) is 0 Å². The van der Waals surface area contributed by atoms with E-state index >= 15 is 0 Å². The lowest BCUT2D eigenvalue weighted by Gasteiger charge is -2.36. The van der Waals surface area contributed by atoms with E-state index in [1.54, 1.807) is 6.20 Å². The number of aromatic amines is 1. The van der Waals surface area contributed by atoms with Crippen LogP contribution in [0.3, 0.4) is 0 Å². The molecule has 0 aliphatic carbocycles. The van der Waals surface area contributed by atoms with Crippen LogP contribution in [0.5, 0.6) is 0 Å². The number of H-pyrrole nitrogens is 1. The standard InChI is InChI=1S/C12H18BrN3O/c1-8-2-3-16(7-9(8)5-14)12(17)11-4-10(13)6-15-11/h4,6,8-9,15H,2-3,5,7,14H2,1H3. The fourth-order valence-corrected chi connectivity index (χ4v) is 2.65. The van der Waals surface area contributed by atoms with Crippen LogP contribution in [-0.4, -0.2) is 35.4 Å². The van der Waals surface area contributed by atoms with E-state index in [2.05, 4.69) is 27.8 Å². The summed E-state index contributed by atoms with van der Waals surface area (Å²) >= 11 is 3.34. The molecule has 5 heteroatoms. The van der Waals surface area contributed by atoms with Gasteiger partial charge in [-0.3, -0.25) is 4.79 Å². The Kier molecular flexibility index (Phi) is 3.89. The zero-order chi connectivity index (χ0) is 12.4. The van der Waals surface area contributed by atoms with Crippen LogP contribution in [0.1, 0.15) is 23.8 Å². The second-order valence-corrected chi connectivity index (χ2v) is 5.66. The Hall–Kier alpha value is -0.810. The Morgan fingerprint density at radius 1 is 1.71 bits per heavy atom. The van der Waals surface area contributed by atoms with Gasteiger partial charge in [-0.1, -0.05) is 6.92 Å². The molecule has 3 N–H and O–H groups in total. The zero-order valence-corrected chi connectivity index (χ0v) is 11.5. The number of carbonyl (C=O) groups excluding carboxylic acids is 1. The lowest BCUT2D eigenvalue weighted by Crippen LogP contribution is -2.45. The lowest BCUT2D eigenvalue weighted by atomic mass is 9.87. The number of rotatable bonds is 2. The highest BCUT2D eigenvalue weighted by Crippen LogP contribution is 2.23. The number of amides is 1. The first-order chi connectivity index (χ1) is 8.11. The fraction of sp³-hybridized carbons (Fsp3) is 0.583. The molecule has 0 radical (unpaired) electrons. The zero-order valence-electron chi connectivity index (χ0n) is 9.95. The molecule has 0 saturated carbocycles. The van der Waals surface area contributed by atoms with Crippen molar-refractivity contribution in [3.63, 3.8) is 0 Å². The van der Waals surface area contributed by atoms with E-state index in [4.69, 9.17) is 5.73 Å². The summed E-state index contributed by atoms with van der Waals surface area (Å²) in [5, 5.41) is 0. The molecule has 2 heterocycles. The van der Waals surface area contributed by atoms with Crippen molar-refractivity contribution in [2.24, 2.45) is 17.6 Å². The van der Waals surface area contributed by atoms with Gasteiger partial charge in [-0.15, -0.1) is 0 Å². The first-order valence-corrected chi connectivity index (χ1v) is 6.74. The van der Waals surface area contributed by atoms with Crippen LogP contribution in [0, 0.1) is 11.8 Å². The van der Waals surface area contributed by atoms with Crippen molar-refractivity contribution in [3.8, 4) is 0 Å². The average Bonchev–Trinajstić information content (AvgIpc) is 2.75. The van der Waals surface area contributed by atoms with Gasteiger partial charge in [0.25, 0.3) is 5.91 Å². The first-order valence-electron chi connectivity index (χ1n) is 5.95. The summed E-state index contributed by atoms with van der Waals surface area (Å²) in [4.78, 5) is 17.1. The molecule has 1 amide bonds. The Balaban J connectivity index is 2.05. The molecular weight excluding hydrogens is 282 g/mol. The smallest absolute Gasteiger partial charge is 0.270 e. The number of halogens is 1. The molecule has 1 saturated heterocycles.